The van der Waals surface area contributed by atoms with Crippen LogP contribution in [0.15, 0.2) is 48.5 Å². The third-order valence-corrected chi connectivity index (χ3v) is 6.59. The number of aromatic nitrogens is 4. The summed E-state index contributed by atoms with van der Waals surface area (Å²) < 4.78 is 34.3. The number of H-pyrrole nitrogens is 1. The molecule has 4 aromatic rings. The molecule has 1 heterocycles. The standard InChI is InChI=1S/C25H20ClF2N5O2/c1-13-9-14(3-6-22(13)35-2)16-11-20(28)21(12-17(16)23-30-32-33-31-23)29-24(34)25(7-8-25)15-4-5-19(27)18(26)10-15/h3-6,9-12H,7-8H2,1-2H3,(H,29,34)(H,30,31,32,33). The Morgan fingerprint density at radius 2 is 1.89 bits per heavy atom. The summed E-state index contributed by atoms with van der Waals surface area (Å²) in [5, 5.41) is 16.7. The lowest BCUT2D eigenvalue weighted by atomic mass is 9.94. The zero-order valence-corrected chi connectivity index (χ0v) is 19.6. The Morgan fingerprint density at radius 3 is 2.51 bits per heavy atom. The Morgan fingerprint density at radius 1 is 1.09 bits per heavy atom. The first-order valence-corrected chi connectivity index (χ1v) is 11.2. The van der Waals surface area contributed by atoms with E-state index in [-0.39, 0.29) is 16.5 Å². The highest BCUT2D eigenvalue weighted by molar-refractivity contribution is 6.30. The summed E-state index contributed by atoms with van der Waals surface area (Å²) in [6, 6.07) is 12.5. The van der Waals surface area contributed by atoms with E-state index in [1.807, 2.05) is 13.0 Å². The predicted octanol–water partition coefficient (Wildman–Crippen LogP) is 5.45. The quantitative estimate of drug-likeness (QED) is 0.371. The Labute approximate surface area is 204 Å². The van der Waals surface area contributed by atoms with Gasteiger partial charge in [-0.1, -0.05) is 23.7 Å². The number of ether oxygens (including phenoxy) is 1. The van der Waals surface area contributed by atoms with Gasteiger partial charge in [0.2, 0.25) is 11.7 Å². The van der Waals surface area contributed by atoms with Crippen molar-refractivity contribution in [3.05, 3.63) is 76.3 Å². The molecular formula is C25H20ClF2N5O2. The number of benzene rings is 3. The smallest absolute Gasteiger partial charge is 0.235 e. The van der Waals surface area contributed by atoms with Crippen LogP contribution in [0.5, 0.6) is 5.75 Å². The van der Waals surface area contributed by atoms with Crippen molar-refractivity contribution in [2.24, 2.45) is 0 Å². The Hall–Kier alpha value is -3.85. The molecule has 1 aliphatic rings. The van der Waals surface area contributed by atoms with E-state index >= 15 is 4.39 Å². The summed E-state index contributed by atoms with van der Waals surface area (Å²) >= 11 is 5.92. The second-order valence-corrected chi connectivity index (χ2v) is 8.87. The molecule has 35 heavy (non-hydrogen) atoms. The van der Waals surface area contributed by atoms with Gasteiger partial charge in [-0.15, -0.1) is 10.2 Å². The van der Waals surface area contributed by atoms with E-state index < -0.39 is 23.0 Å². The van der Waals surface area contributed by atoms with Gasteiger partial charge in [0.15, 0.2) is 0 Å². The van der Waals surface area contributed by atoms with Crippen molar-refractivity contribution < 1.29 is 18.3 Å². The minimum absolute atomic E-state index is 0.0248. The first-order valence-electron chi connectivity index (χ1n) is 10.8. The van der Waals surface area contributed by atoms with Crippen molar-refractivity contribution in [1.82, 2.24) is 20.6 Å². The lowest BCUT2D eigenvalue weighted by Gasteiger charge is -2.18. The van der Waals surface area contributed by atoms with Gasteiger partial charge in [-0.25, -0.2) is 8.78 Å². The SMILES string of the molecule is COc1ccc(-c2cc(F)c(NC(=O)C3(c4ccc(F)c(Cl)c4)CC3)cc2-c2nn[nH]n2)cc1C. The van der Waals surface area contributed by atoms with Crippen LogP contribution in [0.3, 0.4) is 0 Å². The second kappa shape index (κ2) is 8.74. The van der Waals surface area contributed by atoms with Crippen LogP contribution in [0.4, 0.5) is 14.5 Å². The summed E-state index contributed by atoms with van der Waals surface area (Å²) in [6.07, 6.45) is 1.09. The molecule has 0 unspecified atom stereocenters. The molecule has 3 aromatic carbocycles. The van der Waals surface area contributed by atoms with Crippen molar-refractivity contribution >= 4 is 23.2 Å². The van der Waals surface area contributed by atoms with E-state index in [2.05, 4.69) is 25.9 Å². The van der Waals surface area contributed by atoms with Gasteiger partial charge >= 0.3 is 0 Å². The van der Waals surface area contributed by atoms with Gasteiger partial charge in [-0.2, -0.15) is 5.21 Å². The first-order chi connectivity index (χ1) is 16.8. The van der Waals surface area contributed by atoms with Crippen LogP contribution in [0.25, 0.3) is 22.5 Å². The van der Waals surface area contributed by atoms with Crippen molar-refractivity contribution in [3.8, 4) is 28.3 Å². The first kappa shape index (κ1) is 22.9. The van der Waals surface area contributed by atoms with Gasteiger partial charge in [0.05, 0.1) is 23.2 Å². The average molecular weight is 496 g/mol. The maximum Gasteiger partial charge on any atom is 0.235 e. The number of carbonyl (C=O) groups excluding carboxylic acids is 1. The van der Waals surface area contributed by atoms with E-state index in [4.69, 9.17) is 16.3 Å². The summed E-state index contributed by atoms with van der Waals surface area (Å²) in [7, 11) is 1.58. The number of halogens is 3. The van der Waals surface area contributed by atoms with Crippen molar-refractivity contribution in [3.63, 3.8) is 0 Å². The molecule has 178 valence electrons. The topological polar surface area (TPSA) is 92.8 Å². The maximum atomic E-state index is 15.3. The van der Waals surface area contributed by atoms with E-state index in [0.717, 1.165) is 11.1 Å². The molecule has 0 spiro atoms. The van der Waals surface area contributed by atoms with Crippen LogP contribution in [-0.2, 0) is 10.2 Å². The number of tetrazole rings is 1. The highest BCUT2D eigenvalue weighted by atomic mass is 35.5. The summed E-state index contributed by atoms with van der Waals surface area (Å²) in [4.78, 5) is 13.2. The van der Waals surface area contributed by atoms with Crippen LogP contribution in [0, 0.1) is 18.6 Å². The van der Waals surface area contributed by atoms with E-state index in [9.17, 15) is 9.18 Å². The lowest BCUT2D eigenvalue weighted by Crippen LogP contribution is -2.28. The molecule has 7 nitrogen and oxygen atoms in total. The zero-order valence-electron chi connectivity index (χ0n) is 18.8. The molecule has 0 saturated heterocycles. The van der Waals surface area contributed by atoms with Crippen LogP contribution in [-0.4, -0.2) is 33.6 Å². The summed E-state index contributed by atoms with van der Waals surface area (Å²) in [5.74, 6) is -0.634. The predicted molar refractivity (Wildman–Crippen MR) is 127 cm³/mol. The fourth-order valence-corrected chi connectivity index (χ4v) is 4.40. The van der Waals surface area contributed by atoms with Crippen LogP contribution in [0.1, 0.15) is 24.0 Å². The fraction of sp³-hybridized carbons (Fsp3) is 0.200. The zero-order chi connectivity index (χ0) is 24.7. The molecule has 1 saturated carbocycles. The molecule has 0 atom stereocenters. The summed E-state index contributed by atoms with van der Waals surface area (Å²) in [6.45, 7) is 1.89. The summed E-state index contributed by atoms with van der Waals surface area (Å²) in [5.41, 5.74) is 2.28. The number of nitrogens with one attached hydrogen (secondary N) is 2. The van der Waals surface area contributed by atoms with Crippen LogP contribution < -0.4 is 10.1 Å². The third kappa shape index (κ3) is 4.12. The number of carbonyl (C=O) groups is 1. The molecule has 1 fully saturated rings. The van der Waals surface area contributed by atoms with Gasteiger partial charge in [-0.3, -0.25) is 4.79 Å². The van der Waals surface area contributed by atoms with Crippen molar-refractivity contribution in [2.75, 3.05) is 12.4 Å². The monoisotopic (exact) mass is 495 g/mol. The highest BCUT2D eigenvalue weighted by Gasteiger charge is 2.51. The molecule has 0 radical (unpaired) electrons. The fourth-order valence-electron chi connectivity index (χ4n) is 4.22. The van der Waals surface area contributed by atoms with E-state index in [1.54, 1.807) is 19.2 Å². The molecule has 1 aliphatic carbocycles. The molecular weight excluding hydrogens is 476 g/mol. The van der Waals surface area contributed by atoms with Gasteiger partial charge in [-0.05, 0) is 83.6 Å². The van der Waals surface area contributed by atoms with Gasteiger partial charge in [0, 0.05) is 5.56 Å². The molecule has 1 amide bonds. The van der Waals surface area contributed by atoms with Crippen molar-refractivity contribution in [1.29, 1.82) is 0 Å². The molecule has 10 heteroatoms. The molecule has 0 aliphatic heterocycles. The van der Waals surface area contributed by atoms with Crippen molar-refractivity contribution in [2.45, 2.75) is 25.2 Å². The lowest BCUT2D eigenvalue weighted by molar-refractivity contribution is -0.118. The second-order valence-electron chi connectivity index (χ2n) is 8.46. The number of rotatable bonds is 6. The van der Waals surface area contributed by atoms with Crippen LogP contribution in [0.2, 0.25) is 5.02 Å². The van der Waals surface area contributed by atoms with Gasteiger partial charge in [0.1, 0.15) is 17.4 Å². The Balaban J connectivity index is 1.53. The number of nitrogens with zero attached hydrogens (tertiary/aromatic N) is 3. The molecule has 0 bridgehead atoms. The molecule has 5 rings (SSSR count). The third-order valence-electron chi connectivity index (χ3n) is 6.30. The molecule has 2 N–H and O–H groups in total. The number of amides is 1. The number of hydrogen-bond donors (Lipinski definition) is 2. The minimum Gasteiger partial charge on any atom is -0.496 e. The maximum absolute atomic E-state index is 15.3. The minimum atomic E-state index is -0.887. The highest BCUT2D eigenvalue weighted by Crippen LogP contribution is 2.50. The normalized spacial score (nSPS) is 14.0. The largest absolute Gasteiger partial charge is 0.496 e. The Kier molecular flexibility index (Phi) is 5.72. The van der Waals surface area contributed by atoms with Gasteiger partial charge < -0.3 is 10.1 Å². The van der Waals surface area contributed by atoms with E-state index in [1.165, 1.54) is 30.3 Å². The van der Waals surface area contributed by atoms with Gasteiger partial charge in [0.25, 0.3) is 0 Å². The average Bonchev–Trinajstić information content (AvgIpc) is 3.48. The van der Waals surface area contributed by atoms with E-state index in [0.29, 0.717) is 35.3 Å². The molecule has 1 aromatic heterocycles. The Bertz CT molecular complexity index is 1440. The van der Waals surface area contributed by atoms with Crippen LogP contribution >= 0.6 is 11.6 Å². The number of aryl methyl sites for hydroxylation is 1. The number of hydrogen-bond acceptors (Lipinski definition) is 5. The number of anilines is 1. The number of methoxy groups -OCH3 is 1. The number of aromatic amines is 1.